The van der Waals surface area contributed by atoms with Gasteiger partial charge in [-0.25, -0.2) is 19.2 Å². The maximum absolute atomic E-state index is 12.9. The second-order valence-electron chi connectivity index (χ2n) is 7.50. The minimum atomic E-state index is -2.16. The van der Waals surface area contributed by atoms with Gasteiger partial charge in [-0.15, -0.1) is 11.6 Å². The van der Waals surface area contributed by atoms with Crippen molar-refractivity contribution in [1.82, 2.24) is 5.32 Å². The average Bonchev–Trinajstić information content (AvgIpc) is 2.84. The highest BCUT2D eigenvalue weighted by Crippen LogP contribution is 2.15. The lowest BCUT2D eigenvalue weighted by atomic mass is 10.1. The molecule has 2 rings (SSSR count). The topological polar surface area (TPSA) is 128 Å². The Hall–Kier alpha value is -3.43. The zero-order chi connectivity index (χ0) is 25.1. The third-order valence-electron chi connectivity index (χ3n) is 4.45. The maximum atomic E-state index is 12.9. The van der Waals surface area contributed by atoms with E-state index in [9.17, 15) is 24.3 Å². The van der Waals surface area contributed by atoms with Gasteiger partial charge in [0.25, 0.3) is 0 Å². The maximum Gasteiger partial charge on any atom is 0.352 e. The lowest BCUT2D eigenvalue weighted by Crippen LogP contribution is -2.48. The number of carbonyl (C=O) groups is 4. The molecule has 0 aromatic heterocycles. The quantitative estimate of drug-likeness (QED) is 0.261. The molecule has 2 N–H and O–H groups in total. The number of carboxylic acid groups (broad SMARTS) is 1. The highest BCUT2D eigenvalue weighted by Gasteiger charge is 2.42. The molecule has 182 valence electrons. The molecule has 2 aromatic rings. The van der Waals surface area contributed by atoms with E-state index in [2.05, 4.69) is 5.32 Å². The van der Waals surface area contributed by atoms with Crippen LogP contribution in [-0.4, -0.2) is 65.8 Å². The molecule has 0 saturated heterocycles. The van der Waals surface area contributed by atoms with Crippen LogP contribution >= 0.6 is 11.6 Å². The standard InChI is InChI=1S/C24H26ClNO8/c1-15(2)26-14-18(13-25)32-24(31)20(34-23(30)17-11-7-4-8-12-17)19(21(27)28)33-22(29)16-9-5-3-6-10-16/h3-12,15,18-20,26H,13-14H2,1-2H3,(H,27,28)/t18-,19-,20-/m1/s1. The molecule has 2 aromatic carbocycles. The van der Waals surface area contributed by atoms with Crippen LogP contribution in [0.1, 0.15) is 34.6 Å². The Morgan fingerprint density at radius 3 is 1.71 bits per heavy atom. The summed E-state index contributed by atoms with van der Waals surface area (Å²) in [5.41, 5.74) is 0.115. The molecule has 0 aliphatic rings. The van der Waals surface area contributed by atoms with Gasteiger partial charge < -0.3 is 24.6 Å². The van der Waals surface area contributed by atoms with Gasteiger partial charge in [0.1, 0.15) is 6.10 Å². The van der Waals surface area contributed by atoms with E-state index < -0.39 is 42.2 Å². The van der Waals surface area contributed by atoms with Crippen molar-refractivity contribution in [1.29, 1.82) is 0 Å². The van der Waals surface area contributed by atoms with Crippen LogP contribution in [-0.2, 0) is 23.8 Å². The van der Waals surface area contributed by atoms with Crippen LogP contribution in [0.3, 0.4) is 0 Å². The summed E-state index contributed by atoms with van der Waals surface area (Å²) in [6.07, 6.45) is -5.10. The zero-order valence-corrected chi connectivity index (χ0v) is 19.4. The summed E-state index contributed by atoms with van der Waals surface area (Å²) in [5.74, 6) is -5.03. The average molecular weight is 492 g/mol. The van der Waals surface area contributed by atoms with Crippen LogP contribution in [0.5, 0.6) is 0 Å². The van der Waals surface area contributed by atoms with Crippen LogP contribution < -0.4 is 5.32 Å². The van der Waals surface area contributed by atoms with E-state index in [0.717, 1.165) is 0 Å². The zero-order valence-electron chi connectivity index (χ0n) is 18.7. The minimum absolute atomic E-state index is 0.0509. The highest BCUT2D eigenvalue weighted by atomic mass is 35.5. The van der Waals surface area contributed by atoms with E-state index in [1.54, 1.807) is 36.4 Å². The number of aliphatic carboxylic acids is 1. The summed E-state index contributed by atoms with van der Waals surface area (Å²) >= 11 is 5.88. The largest absolute Gasteiger partial charge is 0.478 e. The number of hydrogen-bond donors (Lipinski definition) is 2. The normalized spacial score (nSPS) is 13.4. The summed E-state index contributed by atoms with van der Waals surface area (Å²) in [6, 6.07) is 15.3. The van der Waals surface area contributed by atoms with Crippen LogP contribution in [0, 0.1) is 0 Å². The van der Waals surface area contributed by atoms with E-state index in [0.29, 0.717) is 0 Å². The number of carboxylic acids is 1. The van der Waals surface area contributed by atoms with E-state index in [-0.39, 0.29) is 29.6 Å². The molecular formula is C24H26ClNO8. The first-order chi connectivity index (χ1) is 16.2. The molecule has 0 fully saturated rings. The van der Waals surface area contributed by atoms with Crippen molar-refractivity contribution in [2.75, 3.05) is 12.4 Å². The summed E-state index contributed by atoms with van der Waals surface area (Å²) in [6.45, 7) is 3.93. The first-order valence-electron chi connectivity index (χ1n) is 10.5. The fourth-order valence-corrected chi connectivity index (χ4v) is 2.89. The van der Waals surface area contributed by atoms with E-state index in [4.69, 9.17) is 25.8 Å². The van der Waals surface area contributed by atoms with Gasteiger partial charge in [0.2, 0.25) is 12.2 Å². The Labute approximate surface area is 202 Å². The Morgan fingerprint density at radius 1 is 0.824 bits per heavy atom. The van der Waals surface area contributed by atoms with Crippen molar-refractivity contribution in [2.24, 2.45) is 0 Å². The molecule has 9 nitrogen and oxygen atoms in total. The van der Waals surface area contributed by atoms with Gasteiger partial charge in [-0.2, -0.15) is 0 Å². The monoisotopic (exact) mass is 491 g/mol. The summed E-state index contributed by atoms with van der Waals surface area (Å²) in [5, 5.41) is 12.8. The molecule has 0 aliphatic heterocycles. The predicted octanol–water partition coefficient (Wildman–Crippen LogP) is 2.67. The molecule has 0 saturated carbocycles. The minimum Gasteiger partial charge on any atom is -0.478 e. The second kappa shape index (κ2) is 13.3. The lowest BCUT2D eigenvalue weighted by Gasteiger charge is -2.25. The number of rotatable bonds is 12. The van der Waals surface area contributed by atoms with Crippen molar-refractivity contribution in [2.45, 2.75) is 38.2 Å². The fraction of sp³-hybridized carbons (Fsp3) is 0.333. The van der Waals surface area contributed by atoms with E-state index >= 15 is 0 Å². The summed E-state index contributed by atoms with van der Waals surface area (Å²) < 4.78 is 15.6. The molecule has 0 aliphatic carbocycles. The van der Waals surface area contributed by atoms with Gasteiger partial charge in [0, 0.05) is 12.6 Å². The lowest BCUT2D eigenvalue weighted by molar-refractivity contribution is -0.173. The SMILES string of the molecule is CC(C)NC[C@@H](CCl)OC(=O)[C@H](OC(=O)c1ccccc1)[C@@H](OC(=O)c1ccccc1)C(=O)O. The van der Waals surface area contributed by atoms with Gasteiger partial charge in [-0.1, -0.05) is 50.2 Å². The molecule has 10 heteroatoms. The van der Waals surface area contributed by atoms with Crippen LogP contribution in [0.4, 0.5) is 0 Å². The Kier molecular flexibility index (Phi) is 10.5. The fourth-order valence-electron chi connectivity index (χ4n) is 2.72. The van der Waals surface area contributed by atoms with Crippen molar-refractivity contribution in [3.05, 3.63) is 71.8 Å². The summed E-state index contributed by atoms with van der Waals surface area (Å²) in [4.78, 5) is 50.0. The third kappa shape index (κ3) is 8.17. The number of carbonyl (C=O) groups excluding carboxylic acids is 3. The smallest absolute Gasteiger partial charge is 0.352 e. The Morgan fingerprint density at radius 2 is 1.29 bits per heavy atom. The first-order valence-corrected chi connectivity index (χ1v) is 11.0. The molecular weight excluding hydrogens is 466 g/mol. The van der Waals surface area contributed by atoms with Crippen molar-refractivity contribution in [3.63, 3.8) is 0 Å². The van der Waals surface area contributed by atoms with Gasteiger partial charge in [-0.05, 0) is 24.3 Å². The van der Waals surface area contributed by atoms with Gasteiger partial charge in [-0.3, -0.25) is 0 Å². The van der Waals surface area contributed by atoms with E-state index in [1.165, 1.54) is 24.3 Å². The van der Waals surface area contributed by atoms with Crippen LogP contribution in [0.15, 0.2) is 60.7 Å². The molecule has 34 heavy (non-hydrogen) atoms. The van der Waals surface area contributed by atoms with Crippen LogP contribution in [0.2, 0.25) is 0 Å². The Bertz CT molecular complexity index is 967. The number of esters is 3. The number of benzene rings is 2. The predicted molar refractivity (Wildman–Crippen MR) is 123 cm³/mol. The number of halogens is 1. The molecule has 0 heterocycles. The Balaban J connectivity index is 2.30. The van der Waals surface area contributed by atoms with Crippen molar-refractivity contribution in [3.8, 4) is 0 Å². The molecule has 0 amide bonds. The van der Waals surface area contributed by atoms with Crippen molar-refractivity contribution >= 4 is 35.5 Å². The van der Waals surface area contributed by atoms with Crippen LogP contribution in [0.25, 0.3) is 0 Å². The van der Waals surface area contributed by atoms with Gasteiger partial charge >= 0.3 is 23.9 Å². The first kappa shape index (κ1) is 26.8. The van der Waals surface area contributed by atoms with Gasteiger partial charge in [0.15, 0.2) is 0 Å². The number of nitrogens with one attached hydrogen (secondary N) is 1. The number of ether oxygens (including phenoxy) is 3. The van der Waals surface area contributed by atoms with Crippen molar-refractivity contribution < 1.29 is 38.5 Å². The summed E-state index contributed by atoms with van der Waals surface area (Å²) in [7, 11) is 0. The number of alkyl halides is 1. The molecule has 0 bridgehead atoms. The molecule has 3 atom stereocenters. The van der Waals surface area contributed by atoms with Gasteiger partial charge in [0.05, 0.1) is 17.0 Å². The second-order valence-corrected chi connectivity index (χ2v) is 7.81. The molecule has 0 spiro atoms. The van der Waals surface area contributed by atoms with E-state index in [1.807, 2.05) is 13.8 Å². The molecule has 0 radical (unpaired) electrons. The molecule has 0 unspecified atom stereocenters. The number of hydrogen-bond acceptors (Lipinski definition) is 8. The highest BCUT2D eigenvalue weighted by molar-refractivity contribution is 6.18. The third-order valence-corrected chi connectivity index (χ3v) is 4.79.